The molecule has 0 atom stereocenters. The first-order valence-corrected chi connectivity index (χ1v) is 9.24. The predicted octanol–water partition coefficient (Wildman–Crippen LogP) is 1.03. The molecule has 11 nitrogen and oxygen atoms in total. The lowest BCUT2D eigenvalue weighted by Crippen LogP contribution is -2.33. The smallest absolute Gasteiger partial charge is 0.230 e. The number of nitrogens with zero attached hydrogens (tertiary/aromatic N) is 6. The Hall–Kier alpha value is -3.31. The zero-order valence-corrected chi connectivity index (χ0v) is 16.3. The maximum absolute atomic E-state index is 5.63. The highest BCUT2D eigenvalue weighted by atomic mass is 16.5. The number of ether oxygens (including phenoxy) is 2. The third-order valence-electron chi connectivity index (χ3n) is 4.44. The van der Waals surface area contributed by atoms with Crippen LogP contribution in [-0.2, 0) is 11.3 Å². The molecule has 1 saturated heterocycles. The number of rotatable bonds is 8. The van der Waals surface area contributed by atoms with E-state index in [1.807, 2.05) is 13.0 Å². The van der Waals surface area contributed by atoms with Crippen LogP contribution in [-0.4, -0.2) is 56.8 Å². The van der Waals surface area contributed by atoms with E-state index < -0.39 is 0 Å². The van der Waals surface area contributed by atoms with Crippen LogP contribution in [0.2, 0.25) is 0 Å². The third kappa shape index (κ3) is 4.41. The second kappa shape index (κ2) is 8.37. The van der Waals surface area contributed by atoms with E-state index in [1.165, 1.54) is 0 Å². The molecular weight excluding hydrogens is 374 g/mol. The molecule has 29 heavy (non-hydrogen) atoms. The molecule has 0 bridgehead atoms. The normalized spacial score (nSPS) is 13.8. The van der Waals surface area contributed by atoms with Crippen LogP contribution in [0.1, 0.15) is 11.4 Å². The molecule has 0 aromatic carbocycles. The molecule has 152 valence electrons. The summed E-state index contributed by atoms with van der Waals surface area (Å²) >= 11 is 0. The van der Waals surface area contributed by atoms with Gasteiger partial charge in [-0.3, -0.25) is 0 Å². The van der Waals surface area contributed by atoms with E-state index in [9.17, 15) is 0 Å². The Kier molecular flexibility index (Phi) is 5.49. The van der Waals surface area contributed by atoms with Crippen molar-refractivity contribution >= 4 is 17.6 Å². The van der Waals surface area contributed by atoms with Gasteiger partial charge < -0.3 is 25.8 Å². The van der Waals surface area contributed by atoms with Crippen molar-refractivity contribution in [3.8, 4) is 11.4 Å². The number of hydrogen-bond donors (Lipinski definition) is 3. The Morgan fingerprint density at radius 1 is 1.28 bits per heavy atom. The number of hydrogen-bond acceptors (Lipinski definition) is 10. The minimum atomic E-state index is 0.304. The van der Waals surface area contributed by atoms with E-state index in [4.69, 9.17) is 15.2 Å². The van der Waals surface area contributed by atoms with Crippen LogP contribution in [0.5, 0.6) is 5.75 Å². The van der Waals surface area contributed by atoms with Crippen LogP contribution in [0, 0.1) is 12.8 Å². The lowest BCUT2D eigenvalue weighted by atomic mass is 10.1. The molecule has 0 amide bonds. The van der Waals surface area contributed by atoms with Crippen molar-refractivity contribution in [2.75, 3.05) is 37.5 Å². The molecule has 11 heteroatoms. The van der Waals surface area contributed by atoms with E-state index in [-0.39, 0.29) is 0 Å². The standard InChI is InChI=1S/C18H23N9O2/c1-11-3-16(20-6-12-9-29-10-12)23-18(22-11)24-17-4-14(15(28-2)7-21-17)27-8-13(5-19)25-26-27/h3-4,7-8,12H,5-6,9-10,19H2,1-2H3,(H2,20,21,22,23,24). The second-order valence-corrected chi connectivity index (χ2v) is 6.73. The fourth-order valence-electron chi connectivity index (χ4n) is 2.83. The summed E-state index contributed by atoms with van der Waals surface area (Å²) in [6, 6.07) is 3.69. The number of anilines is 3. The molecule has 0 spiro atoms. The molecule has 4 N–H and O–H groups in total. The van der Waals surface area contributed by atoms with Gasteiger partial charge in [0.2, 0.25) is 5.95 Å². The quantitative estimate of drug-likeness (QED) is 0.505. The van der Waals surface area contributed by atoms with Crippen molar-refractivity contribution in [2.45, 2.75) is 13.5 Å². The van der Waals surface area contributed by atoms with Crippen LogP contribution in [0.4, 0.5) is 17.6 Å². The summed E-state index contributed by atoms with van der Waals surface area (Å²) in [5.41, 5.74) is 7.82. The highest BCUT2D eigenvalue weighted by Crippen LogP contribution is 2.25. The van der Waals surface area contributed by atoms with Crippen LogP contribution < -0.4 is 21.1 Å². The molecule has 0 saturated carbocycles. The van der Waals surface area contributed by atoms with Gasteiger partial charge in [0.25, 0.3) is 0 Å². The minimum Gasteiger partial charge on any atom is -0.493 e. The van der Waals surface area contributed by atoms with E-state index in [0.29, 0.717) is 41.4 Å². The second-order valence-electron chi connectivity index (χ2n) is 6.73. The predicted molar refractivity (Wildman–Crippen MR) is 106 cm³/mol. The number of aryl methyl sites for hydroxylation is 1. The van der Waals surface area contributed by atoms with E-state index in [1.54, 1.807) is 30.3 Å². The molecule has 3 aromatic heterocycles. The summed E-state index contributed by atoms with van der Waals surface area (Å²) in [5, 5.41) is 14.6. The third-order valence-corrected chi connectivity index (χ3v) is 4.44. The van der Waals surface area contributed by atoms with Crippen LogP contribution in [0.15, 0.2) is 24.5 Å². The first kappa shape index (κ1) is 19.0. The lowest BCUT2D eigenvalue weighted by molar-refractivity contribution is -0.0248. The summed E-state index contributed by atoms with van der Waals surface area (Å²) in [5.74, 6) is 2.83. The fourth-order valence-corrected chi connectivity index (χ4v) is 2.83. The Morgan fingerprint density at radius 3 is 2.83 bits per heavy atom. The topological polar surface area (TPSA) is 138 Å². The van der Waals surface area contributed by atoms with E-state index in [2.05, 4.69) is 35.9 Å². The Bertz CT molecular complexity index is 987. The molecule has 1 aliphatic heterocycles. The van der Waals surface area contributed by atoms with Gasteiger partial charge >= 0.3 is 0 Å². The van der Waals surface area contributed by atoms with Gasteiger partial charge in [0.1, 0.15) is 17.3 Å². The SMILES string of the molecule is COc1cnc(Nc2nc(C)cc(NCC3COC3)n2)cc1-n1cc(CN)nn1. The summed E-state index contributed by atoms with van der Waals surface area (Å²) in [4.78, 5) is 13.3. The zero-order valence-electron chi connectivity index (χ0n) is 16.3. The molecule has 4 rings (SSSR count). The Morgan fingerprint density at radius 2 is 2.14 bits per heavy atom. The summed E-state index contributed by atoms with van der Waals surface area (Å²) in [6.45, 7) is 4.61. The number of pyridine rings is 1. The summed E-state index contributed by atoms with van der Waals surface area (Å²) in [7, 11) is 1.57. The molecule has 1 fully saturated rings. The van der Waals surface area contributed by atoms with Gasteiger partial charge in [-0.1, -0.05) is 5.21 Å². The number of nitrogens with two attached hydrogens (primary N) is 1. The van der Waals surface area contributed by atoms with Gasteiger partial charge in [-0.2, -0.15) is 4.98 Å². The molecule has 0 radical (unpaired) electrons. The molecule has 0 aliphatic carbocycles. The van der Waals surface area contributed by atoms with Crippen molar-refractivity contribution in [3.63, 3.8) is 0 Å². The van der Waals surface area contributed by atoms with Gasteiger partial charge in [-0.05, 0) is 6.92 Å². The average Bonchev–Trinajstić information content (AvgIpc) is 3.15. The van der Waals surface area contributed by atoms with Gasteiger partial charge in [0.15, 0.2) is 5.75 Å². The van der Waals surface area contributed by atoms with E-state index >= 15 is 0 Å². The summed E-state index contributed by atoms with van der Waals surface area (Å²) < 4.78 is 12.2. The highest BCUT2D eigenvalue weighted by molar-refractivity contribution is 5.58. The van der Waals surface area contributed by atoms with Crippen LogP contribution in [0.3, 0.4) is 0 Å². The number of aromatic nitrogens is 6. The monoisotopic (exact) mass is 397 g/mol. The molecule has 1 aliphatic rings. The minimum absolute atomic E-state index is 0.304. The number of methoxy groups -OCH3 is 1. The van der Waals surface area contributed by atoms with Gasteiger partial charge in [-0.25, -0.2) is 14.6 Å². The van der Waals surface area contributed by atoms with Crippen molar-refractivity contribution in [1.29, 1.82) is 0 Å². The first-order chi connectivity index (χ1) is 14.1. The highest BCUT2D eigenvalue weighted by Gasteiger charge is 2.18. The Labute approximate surface area is 167 Å². The Balaban J connectivity index is 1.55. The maximum Gasteiger partial charge on any atom is 0.230 e. The van der Waals surface area contributed by atoms with Crippen molar-refractivity contribution in [1.82, 2.24) is 29.9 Å². The first-order valence-electron chi connectivity index (χ1n) is 9.24. The number of nitrogens with one attached hydrogen (secondary N) is 2. The van der Waals surface area contributed by atoms with Gasteiger partial charge in [0.05, 0.1) is 38.4 Å². The van der Waals surface area contributed by atoms with Crippen LogP contribution >= 0.6 is 0 Å². The van der Waals surface area contributed by atoms with Gasteiger partial charge in [0, 0.05) is 36.8 Å². The maximum atomic E-state index is 5.63. The van der Waals surface area contributed by atoms with Crippen molar-refractivity contribution in [3.05, 3.63) is 35.9 Å². The summed E-state index contributed by atoms with van der Waals surface area (Å²) in [6.07, 6.45) is 3.35. The molecular formula is C18H23N9O2. The van der Waals surface area contributed by atoms with Crippen LogP contribution in [0.25, 0.3) is 5.69 Å². The molecule has 4 heterocycles. The average molecular weight is 397 g/mol. The zero-order chi connectivity index (χ0) is 20.2. The van der Waals surface area contributed by atoms with Crippen molar-refractivity contribution < 1.29 is 9.47 Å². The van der Waals surface area contributed by atoms with E-state index in [0.717, 1.165) is 31.3 Å². The molecule has 0 unspecified atom stereocenters. The van der Waals surface area contributed by atoms with Gasteiger partial charge in [-0.15, -0.1) is 5.10 Å². The van der Waals surface area contributed by atoms with Crippen molar-refractivity contribution in [2.24, 2.45) is 11.7 Å². The fraction of sp³-hybridized carbons (Fsp3) is 0.389. The lowest BCUT2D eigenvalue weighted by Gasteiger charge is -2.26. The molecule has 3 aromatic rings. The largest absolute Gasteiger partial charge is 0.493 e.